The Labute approximate surface area is 196 Å². The van der Waals surface area contributed by atoms with Crippen molar-refractivity contribution in [3.05, 3.63) is 34.6 Å². The Hall–Kier alpha value is -1.31. The fourth-order valence-electron chi connectivity index (χ4n) is 8.61. The second-order valence-electron chi connectivity index (χ2n) is 13.0. The number of aliphatic hydroxyl groups is 1. The first-order chi connectivity index (χ1) is 15.0. The van der Waals surface area contributed by atoms with Gasteiger partial charge in [0.25, 0.3) is 0 Å². The van der Waals surface area contributed by atoms with Gasteiger partial charge in [0.1, 0.15) is 0 Å². The van der Waals surface area contributed by atoms with Gasteiger partial charge in [-0.2, -0.15) is 0 Å². The molecular formula is C30H46O2. The Balaban J connectivity index is 1.63. The zero-order valence-electron chi connectivity index (χ0n) is 21.7. The minimum Gasteiger partial charge on any atom is -0.515 e. The molecule has 32 heavy (non-hydrogen) atoms. The zero-order valence-corrected chi connectivity index (χ0v) is 21.7. The number of hydrogen-bond donors (Lipinski definition) is 1. The van der Waals surface area contributed by atoms with Gasteiger partial charge >= 0.3 is 0 Å². The van der Waals surface area contributed by atoms with Gasteiger partial charge in [0.2, 0.25) is 0 Å². The van der Waals surface area contributed by atoms with E-state index in [2.05, 4.69) is 54.5 Å². The Morgan fingerprint density at radius 3 is 2.47 bits per heavy atom. The van der Waals surface area contributed by atoms with Crippen LogP contribution in [0.3, 0.4) is 0 Å². The van der Waals surface area contributed by atoms with Crippen LogP contribution in [0.5, 0.6) is 0 Å². The minimum atomic E-state index is -0.404. The highest BCUT2D eigenvalue weighted by Crippen LogP contribution is 2.66. The Kier molecular flexibility index (Phi) is 6.09. The quantitative estimate of drug-likeness (QED) is 0.346. The molecule has 1 fully saturated rings. The van der Waals surface area contributed by atoms with E-state index in [9.17, 15) is 9.90 Å². The Bertz CT molecular complexity index is 869. The summed E-state index contributed by atoms with van der Waals surface area (Å²) in [6.07, 6.45) is 14.3. The lowest BCUT2D eigenvalue weighted by atomic mass is 9.46. The molecule has 4 aliphatic rings. The maximum atomic E-state index is 13.1. The van der Waals surface area contributed by atoms with Crippen LogP contribution in [-0.2, 0) is 4.79 Å². The molecule has 4 aliphatic carbocycles. The number of ketones is 1. The van der Waals surface area contributed by atoms with Crippen LogP contribution in [0.2, 0.25) is 0 Å². The average molecular weight is 439 g/mol. The van der Waals surface area contributed by atoms with Crippen molar-refractivity contribution in [3.8, 4) is 0 Å². The Morgan fingerprint density at radius 1 is 1.09 bits per heavy atom. The van der Waals surface area contributed by atoms with Gasteiger partial charge < -0.3 is 5.11 Å². The third-order valence-electron chi connectivity index (χ3n) is 10.3. The molecule has 178 valence electrons. The van der Waals surface area contributed by atoms with Gasteiger partial charge in [0.15, 0.2) is 5.78 Å². The molecule has 2 nitrogen and oxygen atoms in total. The average Bonchev–Trinajstić information content (AvgIpc) is 3.08. The fraction of sp³-hybridized carbons (Fsp3) is 0.767. The summed E-state index contributed by atoms with van der Waals surface area (Å²) < 4.78 is 0. The van der Waals surface area contributed by atoms with E-state index in [4.69, 9.17) is 0 Å². The first-order valence-electron chi connectivity index (χ1n) is 13.3. The summed E-state index contributed by atoms with van der Waals surface area (Å²) in [5, 5.41) is 9.88. The summed E-state index contributed by atoms with van der Waals surface area (Å²) in [7, 11) is 0. The molecule has 1 N–H and O–H groups in total. The number of hydrogen-bond acceptors (Lipinski definition) is 2. The third-order valence-corrected chi connectivity index (χ3v) is 10.3. The highest BCUT2D eigenvalue weighted by Gasteiger charge is 2.58. The molecule has 0 aromatic rings. The number of fused-ring (bicyclic) bond motifs is 4. The summed E-state index contributed by atoms with van der Waals surface area (Å²) in [6.45, 7) is 16.4. The predicted octanol–water partition coefficient (Wildman–Crippen LogP) is 8.35. The van der Waals surface area contributed by atoms with Crippen molar-refractivity contribution in [2.24, 2.45) is 39.9 Å². The first kappa shape index (κ1) is 23.8. The minimum absolute atomic E-state index is 0.0112. The van der Waals surface area contributed by atoms with Gasteiger partial charge in [-0.25, -0.2) is 0 Å². The van der Waals surface area contributed by atoms with Crippen molar-refractivity contribution < 1.29 is 9.90 Å². The van der Waals surface area contributed by atoms with Gasteiger partial charge in [-0.1, -0.05) is 79.4 Å². The van der Waals surface area contributed by atoms with Gasteiger partial charge in [-0.3, -0.25) is 4.79 Å². The number of carbonyl (C=O) groups excluding carboxylic acids is 1. The number of rotatable bonds is 5. The molecule has 2 heteroatoms. The molecule has 3 unspecified atom stereocenters. The van der Waals surface area contributed by atoms with E-state index in [0.29, 0.717) is 23.3 Å². The Morgan fingerprint density at radius 2 is 1.81 bits per heavy atom. The molecular weight excluding hydrogens is 392 g/mol. The summed E-state index contributed by atoms with van der Waals surface area (Å²) in [5.41, 5.74) is 5.44. The second-order valence-corrected chi connectivity index (χ2v) is 13.0. The molecule has 0 bridgehead atoms. The van der Waals surface area contributed by atoms with E-state index in [1.165, 1.54) is 32.1 Å². The van der Waals surface area contributed by atoms with Gasteiger partial charge in [0, 0.05) is 11.0 Å². The summed E-state index contributed by atoms with van der Waals surface area (Å²) in [6, 6.07) is 0. The van der Waals surface area contributed by atoms with Crippen LogP contribution in [0.25, 0.3) is 0 Å². The van der Waals surface area contributed by atoms with Gasteiger partial charge in [0.05, 0.1) is 6.26 Å². The van der Waals surface area contributed by atoms with E-state index in [0.717, 1.165) is 43.3 Å². The first-order valence-corrected chi connectivity index (χ1v) is 13.3. The fourth-order valence-corrected chi connectivity index (χ4v) is 8.61. The molecule has 0 aromatic heterocycles. The van der Waals surface area contributed by atoms with Crippen molar-refractivity contribution >= 4 is 5.78 Å². The summed E-state index contributed by atoms with van der Waals surface area (Å²) >= 11 is 0. The lowest BCUT2D eigenvalue weighted by Gasteiger charge is -2.57. The van der Waals surface area contributed by atoms with E-state index in [1.54, 1.807) is 16.7 Å². The van der Waals surface area contributed by atoms with Crippen LogP contribution < -0.4 is 0 Å². The second kappa shape index (κ2) is 8.17. The molecule has 1 saturated carbocycles. The van der Waals surface area contributed by atoms with Crippen LogP contribution in [0.1, 0.15) is 106 Å². The van der Waals surface area contributed by atoms with Crippen LogP contribution in [0.4, 0.5) is 0 Å². The van der Waals surface area contributed by atoms with Crippen LogP contribution in [-0.4, -0.2) is 10.9 Å². The topological polar surface area (TPSA) is 37.3 Å². The predicted molar refractivity (Wildman–Crippen MR) is 133 cm³/mol. The monoisotopic (exact) mass is 438 g/mol. The highest BCUT2D eigenvalue weighted by atomic mass is 16.2. The molecule has 0 spiro atoms. The molecule has 0 saturated heterocycles. The van der Waals surface area contributed by atoms with E-state index < -0.39 is 5.41 Å². The number of allylic oxidation sites excluding steroid dienone is 5. The molecule has 0 radical (unpaired) electrons. The van der Waals surface area contributed by atoms with Crippen molar-refractivity contribution in [1.29, 1.82) is 0 Å². The van der Waals surface area contributed by atoms with Gasteiger partial charge in [-0.05, 0) is 84.2 Å². The maximum absolute atomic E-state index is 13.1. The van der Waals surface area contributed by atoms with Crippen molar-refractivity contribution in [2.45, 2.75) is 106 Å². The maximum Gasteiger partial charge on any atom is 0.167 e. The molecule has 0 amide bonds. The largest absolute Gasteiger partial charge is 0.515 e. The molecule has 4 rings (SSSR count). The zero-order chi connectivity index (χ0) is 23.5. The molecule has 0 aromatic carbocycles. The van der Waals surface area contributed by atoms with E-state index in [1.807, 2.05) is 0 Å². The lowest BCUT2D eigenvalue weighted by Crippen LogP contribution is -2.52. The highest BCUT2D eigenvalue weighted by molar-refractivity contribution is 6.00. The normalized spacial score (nSPS) is 38.4. The van der Waals surface area contributed by atoms with E-state index >= 15 is 0 Å². The number of carbonyl (C=O) groups is 1. The summed E-state index contributed by atoms with van der Waals surface area (Å²) in [4.78, 5) is 13.1. The molecule has 0 aliphatic heterocycles. The van der Waals surface area contributed by atoms with Crippen molar-refractivity contribution in [3.63, 3.8) is 0 Å². The SMILES string of the molecule is CC(C)CCCC(C)C1CC=C2C3=C(CC[C@@]21C)[C@@]1(C)C/C(=C/O)C(=O)C(C)(C)C1CC3. The van der Waals surface area contributed by atoms with Crippen molar-refractivity contribution in [2.75, 3.05) is 0 Å². The van der Waals surface area contributed by atoms with Crippen LogP contribution in [0, 0.1) is 39.9 Å². The standard InChI is InChI=1S/C30H46O2/c1-19(2)9-8-10-20(3)23-12-13-24-22-11-14-26-28(4,5)27(32)21(18-31)17-30(26,7)25(22)15-16-29(23,24)6/h13,18-20,23,26,31H,8-12,14-17H2,1-7H3/b21-18-/t20?,23?,26?,29-,30-/m1/s1. The van der Waals surface area contributed by atoms with Crippen LogP contribution >= 0.6 is 0 Å². The molecule has 0 heterocycles. The van der Waals surface area contributed by atoms with Crippen LogP contribution in [0.15, 0.2) is 34.6 Å². The van der Waals surface area contributed by atoms with Gasteiger partial charge in [-0.15, -0.1) is 0 Å². The number of aliphatic hydroxyl groups excluding tert-OH is 1. The van der Waals surface area contributed by atoms with E-state index in [-0.39, 0.29) is 11.2 Å². The third kappa shape index (κ3) is 3.46. The smallest absolute Gasteiger partial charge is 0.167 e. The van der Waals surface area contributed by atoms with Crippen molar-refractivity contribution in [1.82, 2.24) is 0 Å². The number of Topliss-reactive ketones (excluding diaryl/α,β-unsaturated/α-hetero) is 1. The summed E-state index contributed by atoms with van der Waals surface area (Å²) in [5.74, 6) is 2.86. The molecule has 5 atom stereocenters. The lowest BCUT2D eigenvalue weighted by molar-refractivity contribution is -0.133.